The first-order valence-corrected chi connectivity index (χ1v) is 6.94. The molecule has 0 unspecified atom stereocenters. The van der Waals surface area contributed by atoms with Gasteiger partial charge in [0.05, 0.1) is 12.8 Å². The SMILES string of the molecule is CC[CH+]SC(OP([O-])[O-])S[CH+]CC. The minimum absolute atomic E-state index is 0.360. The molecule has 0 aromatic heterocycles. The highest BCUT2D eigenvalue weighted by molar-refractivity contribution is 8.18. The minimum Gasteiger partial charge on any atom is -0.820 e. The van der Waals surface area contributed by atoms with E-state index in [1.807, 2.05) is 25.4 Å². The maximum absolute atomic E-state index is 10.3. The maximum Gasteiger partial charge on any atom is 0.237 e. The topological polar surface area (TPSA) is 55.3 Å². The quantitative estimate of drug-likeness (QED) is 0.368. The average Bonchev–Trinajstić information content (AvgIpc) is 2.09. The molecular weight excluding hydrogens is 227 g/mol. The molecule has 0 aliphatic rings. The zero-order chi connectivity index (χ0) is 10.1. The van der Waals surface area contributed by atoms with Crippen LogP contribution in [0.5, 0.6) is 0 Å². The van der Waals surface area contributed by atoms with E-state index >= 15 is 0 Å². The van der Waals surface area contributed by atoms with Gasteiger partial charge in [0.15, 0.2) is 0 Å². The molecule has 76 valence electrons. The summed E-state index contributed by atoms with van der Waals surface area (Å²) in [4.78, 5) is 20.6. The molecule has 3 nitrogen and oxygen atoms in total. The van der Waals surface area contributed by atoms with Crippen molar-refractivity contribution < 1.29 is 14.3 Å². The van der Waals surface area contributed by atoms with Crippen molar-refractivity contribution in [2.75, 3.05) is 0 Å². The van der Waals surface area contributed by atoms with Crippen molar-refractivity contribution in [3.05, 3.63) is 11.5 Å². The predicted octanol–water partition coefficient (Wildman–Crippen LogP) is 1.84. The van der Waals surface area contributed by atoms with Crippen molar-refractivity contribution >= 4 is 32.1 Å². The van der Waals surface area contributed by atoms with Crippen molar-refractivity contribution in [1.29, 1.82) is 0 Å². The molecule has 0 aliphatic carbocycles. The van der Waals surface area contributed by atoms with E-state index in [0.29, 0.717) is 0 Å². The fraction of sp³-hybridized carbons (Fsp3) is 0.714. The van der Waals surface area contributed by atoms with Crippen LogP contribution < -0.4 is 9.79 Å². The zero-order valence-corrected chi connectivity index (χ0v) is 10.2. The van der Waals surface area contributed by atoms with Crippen molar-refractivity contribution in [3.63, 3.8) is 0 Å². The van der Waals surface area contributed by atoms with Crippen LogP contribution in [0.25, 0.3) is 0 Å². The van der Waals surface area contributed by atoms with Gasteiger partial charge in [0.1, 0.15) is 35.0 Å². The van der Waals surface area contributed by atoms with E-state index in [4.69, 9.17) is 0 Å². The fourth-order valence-electron chi connectivity index (χ4n) is 0.502. The van der Waals surface area contributed by atoms with E-state index in [2.05, 4.69) is 4.52 Å². The Labute approximate surface area is 89.6 Å². The summed E-state index contributed by atoms with van der Waals surface area (Å²) in [6, 6.07) is 0. The molecule has 0 heterocycles. The summed E-state index contributed by atoms with van der Waals surface area (Å²) < 4.78 is 4.31. The monoisotopic (exact) mass is 240 g/mol. The Hall–Kier alpha value is 0.750. The third kappa shape index (κ3) is 9.06. The second kappa shape index (κ2) is 9.31. The van der Waals surface area contributed by atoms with Crippen LogP contribution in [0, 0.1) is 11.5 Å². The molecule has 0 N–H and O–H groups in total. The molecule has 0 bridgehead atoms. The summed E-state index contributed by atoms with van der Waals surface area (Å²) in [5, 5.41) is 0. The van der Waals surface area contributed by atoms with Gasteiger partial charge < -0.3 is 14.3 Å². The summed E-state index contributed by atoms with van der Waals surface area (Å²) in [6.45, 7) is 3.99. The van der Waals surface area contributed by atoms with Crippen LogP contribution in [-0.4, -0.2) is 4.77 Å². The average molecular weight is 240 g/mol. The van der Waals surface area contributed by atoms with Crippen LogP contribution in [-0.2, 0) is 4.52 Å². The smallest absolute Gasteiger partial charge is 0.237 e. The normalized spacial score (nSPS) is 10.9. The highest BCUT2D eigenvalue weighted by Gasteiger charge is 2.20. The molecule has 0 saturated heterocycles. The van der Waals surface area contributed by atoms with Gasteiger partial charge in [0, 0.05) is 0 Å². The Morgan fingerprint density at radius 3 is 2.00 bits per heavy atom. The van der Waals surface area contributed by atoms with Gasteiger partial charge in [0.2, 0.25) is 4.77 Å². The third-order valence-corrected chi connectivity index (χ3v) is 3.94. The Bertz CT molecular complexity index is 108. The molecule has 0 fully saturated rings. The summed E-state index contributed by atoms with van der Waals surface area (Å²) in [5.41, 5.74) is 0. The van der Waals surface area contributed by atoms with Crippen molar-refractivity contribution in [3.8, 4) is 0 Å². The Kier molecular flexibility index (Phi) is 9.85. The molecule has 6 heteroatoms. The first-order chi connectivity index (χ1) is 6.20. The van der Waals surface area contributed by atoms with Crippen LogP contribution in [0.15, 0.2) is 0 Å². The summed E-state index contributed by atoms with van der Waals surface area (Å²) in [7, 11) is -2.75. The van der Waals surface area contributed by atoms with Crippen LogP contribution in [0.4, 0.5) is 0 Å². The molecule has 0 saturated carbocycles. The second-order valence-electron chi connectivity index (χ2n) is 2.04. The van der Waals surface area contributed by atoms with Crippen LogP contribution in [0.1, 0.15) is 26.7 Å². The highest BCUT2D eigenvalue weighted by Crippen LogP contribution is 2.35. The van der Waals surface area contributed by atoms with E-state index in [1.54, 1.807) is 0 Å². The number of hydrogen-bond donors (Lipinski definition) is 0. The fourth-order valence-corrected chi connectivity index (χ4v) is 2.89. The molecule has 0 radical (unpaired) electrons. The van der Waals surface area contributed by atoms with E-state index in [-0.39, 0.29) is 4.77 Å². The Morgan fingerprint density at radius 2 is 1.69 bits per heavy atom. The molecule has 0 rings (SSSR count). The zero-order valence-electron chi connectivity index (χ0n) is 7.63. The van der Waals surface area contributed by atoms with E-state index in [0.717, 1.165) is 12.8 Å². The van der Waals surface area contributed by atoms with Gasteiger partial charge in [-0.15, -0.1) is 0 Å². The summed E-state index contributed by atoms with van der Waals surface area (Å²) >= 11 is 2.78. The van der Waals surface area contributed by atoms with E-state index in [9.17, 15) is 9.79 Å². The summed E-state index contributed by atoms with van der Waals surface area (Å²) in [6.07, 6.45) is 1.79. The van der Waals surface area contributed by atoms with Gasteiger partial charge in [0.25, 0.3) is 0 Å². The molecule has 0 aliphatic heterocycles. The molecule has 13 heavy (non-hydrogen) atoms. The lowest BCUT2D eigenvalue weighted by molar-refractivity contribution is -0.317. The lowest BCUT2D eigenvalue weighted by Crippen LogP contribution is -2.14. The predicted molar refractivity (Wildman–Crippen MR) is 56.2 cm³/mol. The second-order valence-corrected chi connectivity index (χ2v) is 5.06. The van der Waals surface area contributed by atoms with Gasteiger partial charge in [-0.2, -0.15) is 8.60 Å². The van der Waals surface area contributed by atoms with Crippen molar-refractivity contribution in [2.45, 2.75) is 31.5 Å². The number of rotatable bonds is 8. The molecule has 0 atom stereocenters. The molecular formula is C7H13O3PS2. The molecule has 0 amide bonds. The van der Waals surface area contributed by atoms with Crippen LogP contribution in [0.3, 0.4) is 0 Å². The molecule has 0 aromatic carbocycles. The minimum atomic E-state index is -2.75. The lowest BCUT2D eigenvalue weighted by atomic mass is 10.6. The van der Waals surface area contributed by atoms with Gasteiger partial charge >= 0.3 is 0 Å². The van der Waals surface area contributed by atoms with Gasteiger partial charge in [-0.05, 0) is 13.8 Å². The molecule has 0 spiro atoms. The Morgan fingerprint density at radius 1 is 1.23 bits per heavy atom. The summed E-state index contributed by atoms with van der Waals surface area (Å²) in [5.74, 6) is 3.86. The first-order valence-electron chi connectivity index (χ1n) is 3.96. The standard InChI is InChI=1S/C7H13O3PS2/c1-3-5-12-7(10-11(8)9)13-6-4-2/h5-7H,3-4H2,1-2H3. The lowest BCUT2D eigenvalue weighted by Gasteiger charge is -2.30. The van der Waals surface area contributed by atoms with Crippen LogP contribution >= 0.6 is 32.1 Å². The Balaban J connectivity index is 3.60. The van der Waals surface area contributed by atoms with Crippen molar-refractivity contribution in [1.82, 2.24) is 0 Å². The first kappa shape index (κ1) is 13.8. The van der Waals surface area contributed by atoms with E-state index in [1.165, 1.54) is 23.5 Å². The number of hydrogen-bond acceptors (Lipinski definition) is 5. The molecule has 0 aromatic rings. The third-order valence-electron chi connectivity index (χ3n) is 0.920. The highest BCUT2D eigenvalue weighted by atomic mass is 32.2. The largest absolute Gasteiger partial charge is 0.820 e. The van der Waals surface area contributed by atoms with Gasteiger partial charge in [-0.25, -0.2) is 0 Å². The van der Waals surface area contributed by atoms with Gasteiger partial charge in [-0.1, -0.05) is 0 Å². The van der Waals surface area contributed by atoms with Crippen molar-refractivity contribution in [2.24, 2.45) is 0 Å². The number of thioether (sulfide) groups is 2. The van der Waals surface area contributed by atoms with Gasteiger partial charge in [-0.3, -0.25) is 0 Å². The van der Waals surface area contributed by atoms with E-state index < -0.39 is 8.60 Å². The van der Waals surface area contributed by atoms with Crippen LogP contribution in [0.2, 0.25) is 0 Å². The maximum atomic E-state index is 10.3.